The average molecular weight is 305 g/mol. The van der Waals surface area contributed by atoms with E-state index in [2.05, 4.69) is 19.6 Å². The molecule has 0 bridgehead atoms. The lowest BCUT2D eigenvalue weighted by Gasteiger charge is -2.62. The van der Waals surface area contributed by atoms with Gasteiger partial charge in [-0.15, -0.1) is 0 Å². The SMILES string of the molecule is C[Si](C)(C)[C@@]12[C@H]3[C@@H]4[C@H]5C[C@@H]3C(=O)[C@H]1C[C@H](C5=O)[C@]42[N+](=O)[O-]. The van der Waals surface area contributed by atoms with Crippen LogP contribution in [0.2, 0.25) is 24.7 Å². The minimum absolute atomic E-state index is 0.0463. The molecule has 0 saturated heterocycles. The van der Waals surface area contributed by atoms with Crippen LogP contribution in [0, 0.1) is 45.6 Å². The first kappa shape index (κ1) is 12.5. The van der Waals surface area contributed by atoms with E-state index >= 15 is 0 Å². The van der Waals surface area contributed by atoms with Crippen LogP contribution < -0.4 is 0 Å². The van der Waals surface area contributed by atoms with Crippen LogP contribution in [0.1, 0.15) is 12.8 Å². The molecule has 5 fully saturated rings. The number of carbonyl (C=O) groups is 2. The standard InChI is InChI=1S/C15H19NO4Si/c1-21(2,3)15-9-5-8-12(17)6-4-7(13(9)18)11(15)10(6)14(8,15)16(19)20/h6-11H,4-5H2,1-3H3/t6-,7+,8-,9-,10+,11-,14+,15-/m1/s1. The molecule has 0 aromatic carbocycles. The Hall–Kier alpha value is -1.04. The summed E-state index contributed by atoms with van der Waals surface area (Å²) in [5.74, 6) is -0.489. The summed E-state index contributed by atoms with van der Waals surface area (Å²) in [6.07, 6.45) is 1.09. The molecule has 0 aliphatic heterocycles. The fourth-order valence-corrected chi connectivity index (χ4v) is 12.4. The minimum Gasteiger partial charge on any atom is -0.299 e. The summed E-state index contributed by atoms with van der Waals surface area (Å²) in [4.78, 5) is 37.7. The van der Waals surface area contributed by atoms with Gasteiger partial charge in [0, 0.05) is 33.6 Å². The Kier molecular flexibility index (Phi) is 1.72. The highest BCUT2D eigenvalue weighted by molar-refractivity contribution is 6.80. The van der Waals surface area contributed by atoms with Crippen LogP contribution in [-0.2, 0) is 9.59 Å². The van der Waals surface area contributed by atoms with Gasteiger partial charge >= 0.3 is 0 Å². The second-order valence-electron chi connectivity index (χ2n) is 8.85. The predicted octanol–water partition coefficient (Wildman–Crippen LogP) is 1.76. The minimum atomic E-state index is -1.97. The third-order valence-electron chi connectivity index (χ3n) is 7.97. The van der Waals surface area contributed by atoms with Gasteiger partial charge in [0.15, 0.2) is 0 Å². The summed E-state index contributed by atoms with van der Waals surface area (Å²) in [5, 5.41) is 11.8. The summed E-state index contributed by atoms with van der Waals surface area (Å²) in [6, 6.07) is 0. The van der Waals surface area contributed by atoms with Crippen molar-refractivity contribution >= 4 is 19.6 Å². The molecule has 5 rings (SSSR count). The van der Waals surface area contributed by atoms with Gasteiger partial charge in [0.1, 0.15) is 11.6 Å². The summed E-state index contributed by atoms with van der Waals surface area (Å²) < 4.78 is 0. The van der Waals surface area contributed by atoms with Crippen molar-refractivity contribution in [3.63, 3.8) is 0 Å². The largest absolute Gasteiger partial charge is 0.299 e. The van der Waals surface area contributed by atoms with Crippen LogP contribution >= 0.6 is 0 Å². The molecule has 6 heteroatoms. The van der Waals surface area contributed by atoms with Crippen LogP contribution in [-0.4, -0.2) is 30.1 Å². The molecule has 0 unspecified atom stereocenters. The van der Waals surface area contributed by atoms with E-state index in [9.17, 15) is 19.7 Å². The molecule has 0 heterocycles. The number of nitro groups is 1. The van der Waals surface area contributed by atoms with Crippen LogP contribution in [0.25, 0.3) is 0 Å². The van der Waals surface area contributed by atoms with E-state index in [1.165, 1.54) is 0 Å². The molecule has 5 saturated carbocycles. The quantitative estimate of drug-likeness (QED) is 0.442. The van der Waals surface area contributed by atoms with E-state index in [1.807, 2.05) is 0 Å². The topological polar surface area (TPSA) is 77.3 Å². The second-order valence-corrected chi connectivity index (χ2v) is 14.2. The van der Waals surface area contributed by atoms with Gasteiger partial charge in [-0.25, -0.2) is 0 Å². The Morgan fingerprint density at radius 2 is 1.62 bits per heavy atom. The van der Waals surface area contributed by atoms with Gasteiger partial charge in [0.05, 0.1) is 14.0 Å². The summed E-state index contributed by atoms with van der Waals surface area (Å²) in [7, 11) is -1.97. The molecule has 5 aliphatic rings. The van der Waals surface area contributed by atoms with Crippen molar-refractivity contribution in [1.82, 2.24) is 0 Å². The maximum atomic E-state index is 12.9. The molecule has 112 valence electrons. The predicted molar refractivity (Wildman–Crippen MR) is 76.0 cm³/mol. The fourth-order valence-electron chi connectivity index (χ4n) is 8.13. The number of rotatable bonds is 2. The van der Waals surface area contributed by atoms with E-state index in [0.717, 1.165) is 0 Å². The van der Waals surface area contributed by atoms with Crippen LogP contribution in [0.4, 0.5) is 0 Å². The second kappa shape index (κ2) is 2.89. The molecular weight excluding hydrogens is 286 g/mol. The molecule has 8 atom stereocenters. The van der Waals surface area contributed by atoms with E-state index < -0.39 is 24.6 Å². The lowest BCUT2D eigenvalue weighted by Crippen LogP contribution is -2.74. The highest BCUT2D eigenvalue weighted by atomic mass is 28.3. The van der Waals surface area contributed by atoms with Crippen LogP contribution in [0.5, 0.6) is 0 Å². The molecule has 21 heavy (non-hydrogen) atoms. The Bertz CT molecular complexity index is 655. The number of nitrogens with zero attached hydrogens (tertiary/aromatic N) is 1. The number of hydrogen-bond donors (Lipinski definition) is 0. The smallest absolute Gasteiger partial charge is 0.239 e. The first-order valence-electron chi connectivity index (χ1n) is 7.94. The monoisotopic (exact) mass is 305 g/mol. The average Bonchev–Trinajstić information content (AvgIpc) is 2.92. The molecule has 0 amide bonds. The fraction of sp³-hybridized carbons (Fsp3) is 0.867. The Morgan fingerprint density at radius 1 is 1.05 bits per heavy atom. The zero-order valence-electron chi connectivity index (χ0n) is 12.5. The normalized spacial score (nSPS) is 58.8. The van der Waals surface area contributed by atoms with Crippen LogP contribution in [0.15, 0.2) is 0 Å². The van der Waals surface area contributed by atoms with Crippen molar-refractivity contribution in [3.05, 3.63) is 10.1 Å². The van der Waals surface area contributed by atoms with Crippen molar-refractivity contribution in [1.29, 1.82) is 0 Å². The van der Waals surface area contributed by atoms with Gasteiger partial charge in [-0.05, 0) is 18.8 Å². The highest BCUT2D eigenvalue weighted by Crippen LogP contribution is 2.91. The number of carbonyl (C=O) groups excluding carboxylic acids is 2. The molecule has 0 aromatic rings. The molecule has 0 aromatic heterocycles. The lowest BCUT2D eigenvalue weighted by molar-refractivity contribution is -0.614. The van der Waals surface area contributed by atoms with E-state index in [1.54, 1.807) is 0 Å². The molecular formula is C15H19NO4Si. The lowest BCUT2D eigenvalue weighted by atomic mass is 9.53. The highest BCUT2D eigenvalue weighted by Gasteiger charge is 3.00. The van der Waals surface area contributed by atoms with Gasteiger partial charge in [-0.3, -0.25) is 19.7 Å². The Balaban J connectivity index is 1.90. The first-order valence-corrected chi connectivity index (χ1v) is 11.4. The van der Waals surface area contributed by atoms with E-state index in [0.29, 0.717) is 12.8 Å². The summed E-state index contributed by atoms with van der Waals surface area (Å²) >= 11 is 0. The van der Waals surface area contributed by atoms with Gasteiger partial charge in [0.2, 0.25) is 5.54 Å². The van der Waals surface area contributed by atoms with Gasteiger partial charge in [-0.1, -0.05) is 19.6 Å². The number of ketones is 2. The van der Waals surface area contributed by atoms with Crippen molar-refractivity contribution in [2.24, 2.45) is 35.5 Å². The maximum absolute atomic E-state index is 12.9. The van der Waals surface area contributed by atoms with Gasteiger partial charge in [0.25, 0.3) is 0 Å². The molecule has 0 radical (unpaired) electrons. The first-order chi connectivity index (χ1) is 9.72. The van der Waals surface area contributed by atoms with Crippen molar-refractivity contribution in [2.45, 2.75) is 43.1 Å². The van der Waals surface area contributed by atoms with Gasteiger partial charge < -0.3 is 0 Å². The van der Waals surface area contributed by atoms with Gasteiger partial charge in [-0.2, -0.15) is 0 Å². The zero-order chi connectivity index (χ0) is 15.1. The van der Waals surface area contributed by atoms with E-state index in [4.69, 9.17) is 0 Å². The summed E-state index contributed by atoms with van der Waals surface area (Å²) in [6.45, 7) is 6.53. The van der Waals surface area contributed by atoms with E-state index in [-0.39, 0.29) is 46.1 Å². The molecule has 0 N–H and O–H groups in total. The van der Waals surface area contributed by atoms with Crippen molar-refractivity contribution < 1.29 is 14.5 Å². The maximum Gasteiger partial charge on any atom is 0.239 e. The molecule has 5 nitrogen and oxygen atoms in total. The molecule has 5 aliphatic carbocycles. The van der Waals surface area contributed by atoms with Crippen molar-refractivity contribution in [2.75, 3.05) is 0 Å². The Morgan fingerprint density at radius 3 is 2.19 bits per heavy atom. The summed E-state index contributed by atoms with van der Waals surface area (Å²) in [5.41, 5.74) is -1.07. The molecule has 0 spiro atoms. The zero-order valence-corrected chi connectivity index (χ0v) is 13.5. The number of hydrogen-bond acceptors (Lipinski definition) is 4. The Labute approximate surface area is 123 Å². The van der Waals surface area contributed by atoms with Crippen LogP contribution in [0.3, 0.4) is 0 Å². The third kappa shape index (κ3) is 0.792. The third-order valence-corrected chi connectivity index (χ3v) is 11.5. The number of Topliss-reactive ketones (excluding diaryl/α,β-unsaturated/α-hetero) is 2. The van der Waals surface area contributed by atoms with Crippen molar-refractivity contribution in [3.8, 4) is 0 Å².